The lowest BCUT2D eigenvalue weighted by Crippen LogP contribution is -2.64. The van der Waals surface area contributed by atoms with Crippen LogP contribution in [0.2, 0.25) is 0 Å². The van der Waals surface area contributed by atoms with Crippen molar-refractivity contribution in [3.05, 3.63) is 54.0 Å². The number of amides is 2. The molecule has 1 aliphatic rings. The molecule has 8 heteroatoms. The molecule has 1 saturated carbocycles. The van der Waals surface area contributed by atoms with Crippen molar-refractivity contribution in [2.75, 3.05) is 4.90 Å². The normalized spacial score (nSPS) is 17.5. The van der Waals surface area contributed by atoms with Crippen LogP contribution in [0.4, 0.5) is 18.9 Å². The molecule has 3 rings (SSSR count). The molecule has 1 aliphatic carbocycles. The third-order valence-corrected chi connectivity index (χ3v) is 5.56. The van der Waals surface area contributed by atoms with Crippen LogP contribution in [0.15, 0.2) is 47.1 Å². The fourth-order valence-corrected chi connectivity index (χ4v) is 4.24. The number of rotatable bonds is 5. The van der Waals surface area contributed by atoms with Gasteiger partial charge in [0.15, 0.2) is 5.54 Å². The van der Waals surface area contributed by atoms with Gasteiger partial charge < -0.3 is 10.2 Å². The molecule has 1 aromatic heterocycles. The number of carbonyl (C=O) groups is 2. The second-order valence-electron chi connectivity index (χ2n) is 7.42. The predicted octanol–water partition coefficient (Wildman–Crippen LogP) is 4.44. The number of primary amides is 1. The lowest BCUT2D eigenvalue weighted by atomic mass is 9.71. The minimum Gasteiger partial charge on any atom is -0.466 e. The highest BCUT2D eigenvalue weighted by Gasteiger charge is 2.59. The first-order valence-electron chi connectivity index (χ1n) is 9.51. The number of halogens is 3. The molecule has 1 unspecified atom stereocenters. The molecule has 0 bridgehead atoms. The second-order valence-corrected chi connectivity index (χ2v) is 7.42. The summed E-state index contributed by atoms with van der Waals surface area (Å²) < 4.78 is 46.5. The molecule has 0 spiro atoms. The Morgan fingerprint density at radius 1 is 1.07 bits per heavy atom. The number of hydrogen-bond donors (Lipinski definition) is 1. The van der Waals surface area contributed by atoms with Gasteiger partial charge in [0.2, 0.25) is 0 Å². The van der Waals surface area contributed by atoms with Crippen molar-refractivity contribution in [2.24, 2.45) is 11.7 Å². The summed E-state index contributed by atoms with van der Waals surface area (Å²) >= 11 is 0. The van der Waals surface area contributed by atoms with E-state index < -0.39 is 29.4 Å². The summed E-state index contributed by atoms with van der Waals surface area (Å²) in [6.45, 7) is 1.77. The van der Waals surface area contributed by atoms with Crippen molar-refractivity contribution >= 4 is 17.5 Å². The number of benzene rings is 1. The molecular formula is C21H23F3N2O3. The van der Waals surface area contributed by atoms with Crippen molar-refractivity contribution < 1.29 is 27.2 Å². The molecular weight excluding hydrogens is 385 g/mol. The van der Waals surface area contributed by atoms with Gasteiger partial charge in [-0.15, -0.1) is 0 Å². The van der Waals surface area contributed by atoms with Crippen LogP contribution in [-0.2, 0) is 15.1 Å². The summed E-state index contributed by atoms with van der Waals surface area (Å²) in [7, 11) is 0. The first-order valence-corrected chi connectivity index (χ1v) is 9.51. The van der Waals surface area contributed by atoms with Crippen LogP contribution in [0.3, 0.4) is 0 Å². The maximum atomic E-state index is 13.7. The number of anilines is 1. The summed E-state index contributed by atoms with van der Waals surface area (Å²) in [5.74, 6) is -3.86. The average molecular weight is 408 g/mol. The molecule has 0 radical (unpaired) electrons. The van der Waals surface area contributed by atoms with E-state index >= 15 is 0 Å². The second kappa shape index (κ2) is 7.93. The number of nitrogens with zero attached hydrogens (tertiary/aromatic N) is 1. The highest BCUT2D eigenvalue weighted by molar-refractivity contribution is 6.05. The topological polar surface area (TPSA) is 76.5 Å². The summed E-state index contributed by atoms with van der Waals surface area (Å²) in [6, 6.07) is 8.83. The fraction of sp³-hybridized carbons (Fsp3) is 0.429. The zero-order valence-corrected chi connectivity index (χ0v) is 16.0. The SMILES string of the molecule is Cc1ccc(N(C(=O)C(F)(F)F)C(C(N)=O)(c2ccco2)C2CCCCC2)cc1. The van der Waals surface area contributed by atoms with Gasteiger partial charge in [-0.2, -0.15) is 13.2 Å². The summed E-state index contributed by atoms with van der Waals surface area (Å²) in [6.07, 6.45) is -0.672. The molecule has 1 heterocycles. The van der Waals surface area contributed by atoms with Crippen LogP contribution in [0.1, 0.15) is 43.4 Å². The molecule has 1 atom stereocenters. The third-order valence-electron chi connectivity index (χ3n) is 5.56. The summed E-state index contributed by atoms with van der Waals surface area (Å²) in [5.41, 5.74) is 4.45. The van der Waals surface area contributed by atoms with E-state index in [0.29, 0.717) is 17.7 Å². The molecule has 29 heavy (non-hydrogen) atoms. The van der Waals surface area contributed by atoms with Crippen molar-refractivity contribution in [3.8, 4) is 0 Å². The largest absolute Gasteiger partial charge is 0.471 e. The lowest BCUT2D eigenvalue weighted by molar-refractivity contribution is -0.173. The first-order chi connectivity index (χ1) is 13.7. The van der Waals surface area contributed by atoms with E-state index in [-0.39, 0.29) is 11.4 Å². The van der Waals surface area contributed by atoms with E-state index in [1.807, 2.05) is 0 Å². The molecule has 2 N–H and O–H groups in total. The molecule has 1 aromatic carbocycles. The quantitative estimate of drug-likeness (QED) is 0.794. The van der Waals surface area contributed by atoms with Crippen LogP contribution in [0.25, 0.3) is 0 Å². The van der Waals surface area contributed by atoms with Crippen LogP contribution in [-0.4, -0.2) is 18.0 Å². The van der Waals surface area contributed by atoms with Crippen LogP contribution in [0, 0.1) is 12.8 Å². The van der Waals surface area contributed by atoms with Crippen molar-refractivity contribution in [1.29, 1.82) is 0 Å². The number of carbonyl (C=O) groups excluding carboxylic acids is 2. The molecule has 1 fully saturated rings. The Kier molecular flexibility index (Phi) is 5.73. The Balaban J connectivity index is 2.31. The Morgan fingerprint density at radius 3 is 2.17 bits per heavy atom. The van der Waals surface area contributed by atoms with Crippen molar-refractivity contribution in [1.82, 2.24) is 0 Å². The van der Waals surface area contributed by atoms with Crippen LogP contribution < -0.4 is 10.6 Å². The van der Waals surface area contributed by atoms with Gasteiger partial charge in [-0.25, -0.2) is 0 Å². The number of alkyl halides is 3. The van der Waals surface area contributed by atoms with E-state index in [1.165, 1.54) is 30.5 Å². The van der Waals surface area contributed by atoms with E-state index in [9.17, 15) is 22.8 Å². The first kappa shape index (κ1) is 21.0. The average Bonchev–Trinajstić information content (AvgIpc) is 3.21. The smallest absolute Gasteiger partial charge is 0.466 e. The predicted molar refractivity (Wildman–Crippen MR) is 101 cm³/mol. The van der Waals surface area contributed by atoms with E-state index in [2.05, 4.69) is 0 Å². The lowest BCUT2D eigenvalue weighted by Gasteiger charge is -2.46. The van der Waals surface area contributed by atoms with Gasteiger partial charge >= 0.3 is 12.1 Å². The molecule has 5 nitrogen and oxygen atoms in total. The number of hydrogen-bond acceptors (Lipinski definition) is 3. The molecule has 2 amide bonds. The number of nitrogens with two attached hydrogens (primary N) is 1. The fourth-order valence-electron chi connectivity index (χ4n) is 4.24. The standard InChI is InChI=1S/C21H23F3N2O3/c1-14-9-11-16(12-10-14)26(19(28)21(22,23)24)20(18(25)27,17-8-5-13-29-17)15-6-3-2-4-7-15/h5,8-13,15H,2-4,6-7H2,1H3,(H2,25,27). The van der Waals surface area contributed by atoms with Gasteiger partial charge in [0.1, 0.15) is 5.76 Å². The Hall–Kier alpha value is -2.77. The van der Waals surface area contributed by atoms with Gasteiger partial charge in [-0.05, 0) is 49.9 Å². The molecule has 0 aliphatic heterocycles. The zero-order chi connectivity index (χ0) is 21.2. The van der Waals surface area contributed by atoms with Crippen molar-refractivity contribution in [3.63, 3.8) is 0 Å². The minimum atomic E-state index is -5.20. The van der Waals surface area contributed by atoms with Gasteiger partial charge in [0.05, 0.1) is 6.26 Å². The van der Waals surface area contributed by atoms with E-state index in [1.54, 1.807) is 19.1 Å². The summed E-state index contributed by atoms with van der Waals surface area (Å²) in [4.78, 5) is 26.1. The van der Waals surface area contributed by atoms with Crippen LogP contribution >= 0.6 is 0 Å². The molecule has 156 valence electrons. The number of furan rings is 1. The summed E-state index contributed by atoms with van der Waals surface area (Å²) in [5, 5.41) is 0. The Morgan fingerprint density at radius 2 is 1.69 bits per heavy atom. The van der Waals surface area contributed by atoms with Gasteiger partial charge in [-0.3, -0.25) is 14.5 Å². The zero-order valence-electron chi connectivity index (χ0n) is 16.0. The van der Waals surface area contributed by atoms with Gasteiger partial charge in [-0.1, -0.05) is 37.0 Å². The van der Waals surface area contributed by atoms with Crippen LogP contribution in [0.5, 0.6) is 0 Å². The highest BCUT2D eigenvalue weighted by Crippen LogP contribution is 2.47. The maximum absolute atomic E-state index is 13.7. The van der Waals surface area contributed by atoms with E-state index in [0.717, 1.165) is 24.8 Å². The third kappa shape index (κ3) is 3.75. The van der Waals surface area contributed by atoms with Crippen molar-refractivity contribution in [2.45, 2.75) is 50.7 Å². The van der Waals surface area contributed by atoms with E-state index in [4.69, 9.17) is 10.2 Å². The highest BCUT2D eigenvalue weighted by atomic mass is 19.4. The number of aryl methyl sites for hydroxylation is 1. The Labute approximate surface area is 166 Å². The monoisotopic (exact) mass is 408 g/mol. The molecule has 2 aromatic rings. The maximum Gasteiger partial charge on any atom is 0.471 e. The van der Waals surface area contributed by atoms with Gasteiger partial charge in [0.25, 0.3) is 5.91 Å². The molecule has 0 saturated heterocycles. The van der Waals surface area contributed by atoms with Gasteiger partial charge in [0, 0.05) is 5.69 Å². The Bertz CT molecular complexity index is 856. The minimum absolute atomic E-state index is 0.0568.